The van der Waals surface area contributed by atoms with Gasteiger partial charge in [-0.2, -0.15) is 13.2 Å². The molecule has 0 radical (unpaired) electrons. The number of rotatable bonds is 3. The molecule has 0 fully saturated rings. The van der Waals surface area contributed by atoms with E-state index >= 15 is 0 Å². The third-order valence-corrected chi connectivity index (χ3v) is 2.96. The molecule has 2 rings (SSSR count). The van der Waals surface area contributed by atoms with Gasteiger partial charge in [-0.1, -0.05) is 35.9 Å². The van der Waals surface area contributed by atoms with E-state index in [9.17, 15) is 18.0 Å². The zero-order valence-electron chi connectivity index (χ0n) is 11.8. The summed E-state index contributed by atoms with van der Waals surface area (Å²) in [5.74, 6) is -0.486. The molecule has 0 heterocycles. The van der Waals surface area contributed by atoms with Crippen LogP contribution in [0.2, 0.25) is 0 Å². The third kappa shape index (κ3) is 4.48. The van der Waals surface area contributed by atoms with Crippen molar-refractivity contribution in [3.63, 3.8) is 0 Å². The Morgan fingerprint density at radius 2 is 1.77 bits per heavy atom. The minimum atomic E-state index is -4.43. The van der Waals surface area contributed by atoms with Gasteiger partial charge in [-0.25, -0.2) is 0 Å². The number of benzene rings is 2. The van der Waals surface area contributed by atoms with Crippen LogP contribution in [0.15, 0.2) is 54.6 Å². The summed E-state index contributed by atoms with van der Waals surface area (Å²) >= 11 is 0. The Morgan fingerprint density at radius 3 is 2.41 bits per heavy atom. The lowest BCUT2D eigenvalue weighted by atomic mass is 10.1. The fourth-order valence-corrected chi connectivity index (χ4v) is 1.81. The highest BCUT2D eigenvalue weighted by Crippen LogP contribution is 2.30. The smallest absolute Gasteiger partial charge is 0.322 e. The molecular weight excluding hydrogens is 291 g/mol. The predicted molar refractivity (Wildman–Crippen MR) is 80.3 cm³/mol. The van der Waals surface area contributed by atoms with Crippen LogP contribution in [-0.4, -0.2) is 5.91 Å². The molecular formula is C17H14F3NO. The fraction of sp³-hybridized carbons (Fsp3) is 0.118. The quantitative estimate of drug-likeness (QED) is 0.821. The van der Waals surface area contributed by atoms with E-state index in [4.69, 9.17) is 0 Å². The highest BCUT2D eigenvalue weighted by Gasteiger charge is 2.30. The van der Waals surface area contributed by atoms with Crippen molar-refractivity contribution < 1.29 is 18.0 Å². The van der Waals surface area contributed by atoms with E-state index in [2.05, 4.69) is 5.32 Å². The number of anilines is 1. The van der Waals surface area contributed by atoms with Crippen molar-refractivity contribution in [2.45, 2.75) is 13.1 Å². The normalized spacial score (nSPS) is 11.6. The summed E-state index contributed by atoms with van der Waals surface area (Å²) in [6.07, 6.45) is -1.55. The van der Waals surface area contributed by atoms with E-state index in [-0.39, 0.29) is 5.69 Å². The molecule has 0 aliphatic rings. The van der Waals surface area contributed by atoms with Gasteiger partial charge in [0.15, 0.2) is 0 Å². The molecule has 0 aliphatic carbocycles. The largest absolute Gasteiger partial charge is 0.416 e. The Morgan fingerprint density at radius 1 is 1.09 bits per heavy atom. The second kappa shape index (κ2) is 6.47. The van der Waals surface area contributed by atoms with Crippen LogP contribution in [0.3, 0.4) is 0 Å². The monoisotopic (exact) mass is 305 g/mol. The maximum atomic E-state index is 12.6. The van der Waals surface area contributed by atoms with Crippen LogP contribution in [0.4, 0.5) is 18.9 Å². The second-order valence-electron chi connectivity index (χ2n) is 4.81. The van der Waals surface area contributed by atoms with E-state index in [0.29, 0.717) is 0 Å². The number of carbonyl (C=O) groups is 1. The van der Waals surface area contributed by atoms with Crippen molar-refractivity contribution in [2.75, 3.05) is 5.32 Å². The molecule has 114 valence electrons. The molecule has 22 heavy (non-hydrogen) atoms. The second-order valence-corrected chi connectivity index (χ2v) is 4.81. The highest BCUT2D eigenvalue weighted by atomic mass is 19.4. The summed E-state index contributed by atoms with van der Waals surface area (Å²) in [5.41, 5.74) is 1.25. The van der Waals surface area contributed by atoms with Gasteiger partial charge in [-0.3, -0.25) is 4.79 Å². The predicted octanol–water partition coefficient (Wildman–Crippen LogP) is 4.67. The number of hydrogen-bond donors (Lipinski definition) is 1. The first kappa shape index (κ1) is 15.8. The Balaban J connectivity index is 2.04. The first-order valence-electron chi connectivity index (χ1n) is 6.57. The van der Waals surface area contributed by atoms with Crippen LogP contribution >= 0.6 is 0 Å². The van der Waals surface area contributed by atoms with E-state index in [1.165, 1.54) is 18.2 Å². The molecule has 0 saturated heterocycles. The Kier molecular flexibility index (Phi) is 4.65. The minimum Gasteiger partial charge on any atom is -0.322 e. The zero-order valence-corrected chi connectivity index (χ0v) is 11.8. The van der Waals surface area contributed by atoms with Crippen molar-refractivity contribution in [3.05, 3.63) is 71.3 Å². The number of nitrogens with one attached hydrogen (secondary N) is 1. The maximum absolute atomic E-state index is 12.6. The van der Waals surface area contributed by atoms with Crippen LogP contribution in [-0.2, 0) is 11.0 Å². The molecule has 0 atom stereocenters. The minimum absolute atomic E-state index is 0.105. The first-order valence-corrected chi connectivity index (χ1v) is 6.57. The molecule has 0 spiro atoms. The number of carbonyl (C=O) groups excluding carboxylic acids is 1. The SMILES string of the molecule is Cc1ccc(C=CC(=O)Nc2cccc(C(F)(F)F)c2)cc1. The van der Waals surface area contributed by atoms with Crippen LogP contribution in [0.5, 0.6) is 0 Å². The lowest BCUT2D eigenvalue weighted by Crippen LogP contribution is -2.10. The van der Waals surface area contributed by atoms with Crippen LogP contribution < -0.4 is 5.32 Å². The van der Waals surface area contributed by atoms with Crippen LogP contribution in [0.1, 0.15) is 16.7 Å². The third-order valence-electron chi connectivity index (χ3n) is 2.96. The van der Waals surface area contributed by atoms with E-state index in [1.807, 2.05) is 31.2 Å². The molecule has 0 unspecified atom stereocenters. The summed E-state index contributed by atoms with van der Waals surface area (Å²) in [6.45, 7) is 1.95. The van der Waals surface area contributed by atoms with Crippen molar-refractivity contribution >= 4 is 17.7 Å². The molecule has 2 nitrogen and oxygen atoms in total. The van der Waals surface area contributed by atoms with E-state index < -0.39 is 17.6 Å². The number of halogens is 3. The van der Waals surface area contributed by atoms with Crippen molar-refractivity contribution in [3.8, 4) is 0 Å². The van der Waals surface area contributed by atoms with Crippen LogP contribution in [0.25, 0.3) is 6.08 Å². The molecule has 5 heteroatoms. The number of aryl methyl sites for hydroxylation is 1. The summed E-state index contributed by atoms with van der Waals surface area (Å²) in [7, 11) is 0. The van der Waals surface area contributed by atoms with Gasteiger partial charge in [0.05, 0.1) is 5.56 Å². The van der Waals surface area contributed by atoms with Crippen molar-refractivity contribution in [1.82, 2.24) is 0 Å². The molecule has 0 bridgehead atoms. The van der Waals surface area contributed by atoms with E-state index in [0.717, 1.165) is 23.3 Å². The van der Waals surface area contributed by atoms with Gasteiger partial charge < -0.3 is 5.32 Å². The highest BCUT2D eigenvalue weighted by molar-refractivity contribution is 6.01. The molecule has 0 aromatic heterocycles. The Bertz CT molecular complexity index is 688. The average molecular weight is 305 g/mol. The van der Waals surface area contributed by atoms with E-state index in [1.54, 1.807) is 6.08 Å². The number of hydrogen-bond acceptors (Lipinski definition) is 1. The summed E-state index contributed by atoms with van der Waals surface area (Å²) in [5, 5.41) is 2.41. The Labute approximate surface area is 126 Å². The van der Waals surface area contributed by atoms with Crippen molar-refractivity contribution in [2.24, 2.45) is 0 Å². The molecule has 0 aliphatic heterocycles. The van der Waals surface area contributed by atoms with Crippen molar-refractivity contribution in [1.29, 1.82) is 0 Å². The summed E-state index contributed by atoms with van der Waals surface area (Å²) in [4.78, 5) is 11.7. The van der Waals surface area contributed by atoms with Gasteiger partial charge >= 0.3 is 6.18 Å². The maximum Gasteiger partial charge on any atom is 0.416 e. The average Bonchev–Trinajstić information content (AvgIpc) is 2.46. The Hall–Kier alpha value is -2.56. The van der Waals surface area contributed by atoms with Gasteiger partial charge in [0.2, 0.25) is 5.91 Å². The number of amides is 1. The molecule has 1 amide bonds. The van der Waals surface area contributed by atoms with Gasteiger partial charge in [0.1, 0.15) is 0 Å². The molecule has 2 aromatic carbocycles. The summed E-state index contributed by atoms with van der Waals surface area (Å²) in [6, 6.07) is 12.0. The van der Waals surface area contributed by atoms with Crippen LogP contribution in [0, 0.1) is 6.92 Å². The topological polar surface area (TPSA) is 29.1 Å². The van der Waals surface area contributed by atoms with Gasteiger partial charge in [-0.05, 0) is 36.8 Å². The lowest BCUT2D eigenvalue weighted by Gasteiger charge is -2.08. The molecule has 2 aromatic rings. The lowest BCUT2D eigenvalue weighted by molar-refractivity contribution is -0.137. The fourth-order valence-electron chi connectivity index (χ4n) is 1.81. The van der Waals surface area contributed by atoms with Gasteiger partial charge in [0, 0.05) is 11.8 Å². The standard InChI is InChI=1S/C17H14F3NO/c1-12-5-7-13(8-6-12)9-10-16(22)21-15-4-2-3-14(11-15)17(18,19)20/h2-11H,1H3,(H,21,22). The summed E-state index contributed by atoms with van der Waals surface area (Å²) < 4.78 is 37.7. The molecule has 1 N–H and O–H groups in total. The zero-order chi connectivity index (χ0) is 16.2. The van der Waals surface area contributed by atoms with Gasteiger partial charge in [-0.15, -0.1) is 0 Å². The van der Waals surface area contributed by atoms with Gasteiger partial charge in [0.25, 0.3) is 0 Å². The number of alkyl halides is 3. The molecule has 0 saturated carbocycles. The first-order chi connectivity index (χ1) is 10.3.